The van der Waals surface area contributed by atoms with E-state index in [9.17, 15) is 4.79 Å². The molecule has 0 unspecified atom stereocenters. The summed E-state index contributed by atoms with van der Waals surface area (Å²) < 4.78 is 1.73. The average molecular weight is 294 g/mol. The number of nitrogens with two attached hydrogens (primary N) is 1. The second kappa shape index (κ2) is 6.40. The zero-order valence-electron chi connectivity index (χ0n) is 11.1. The summed E-state index contributed by atoms with van der Waals surface area (Å²) >= 11 is 5.89. The van der Waals surface area contributed by atoms with E-state index in [0.29, 0.717) is 29.2 Å². The van der Waals surface area contributed by atoms with Crippen LogP contribution < -0.4 is 16.6 Å². The smallest absolute Gasteiger partial charge is 0.253 e. The number of nitrogen functional groups attached to an aromatic ring is 1. The Hall–Kier alpha value is -2.05. The number of carbonyl (C=O) groups is 1. The van der Waals surface area contributed by atoms with Crippen molar-refractivity contribution in [1.29, 1.82) is 0 Å². The lowest BCUT2D eigenvalue weighted by molar-refractivity contribution is 0.0955. The minimum atomic E-state index is -0.226. The van der Waals surface area contributed by atoms with E-state index in [2.05, 4.69) is 15.8 Å². The molecule has 0 aliphatic rings. The van der Waals surface area contributed by atoms with Crippen molar-refractivity contribution in [2.24, 2.45) is 12.9 Å². The van der Waals surface area contributed by atoms with E-state index in [1.165, 1.54) is 0 Å². The van der Waals surface area contributed by atoms with Crippen LogP contribution in [0.2, 0.25) is 5.02 Å². The van der Waals surface area contributed by atoms with E-state index < -0.39 is 0 Å². The molecule has 20 heavy (non-hydrogen) atoms. The quantitative estimate of drug-likeness (QED) is 0.573. The van der Waals surface area contributed by atoms with Gasteiger partial charge >= 0.3 is 0 Å². The van der Waals surface area contributed by atoms with Gasteiger partial charge in [-0.1, -0.05) is 11.6 Å². The van der Waals surface area contributed by atoms with Gasteiger partial charge in [0.2, 0.25) is 0 Å². The molecule has 1 aromatic heterocycles. The van der Waals surface area contributed by atoms with Crippen LogP contribution in [0.3, 0.4) is 0 Å². The van der Waals surface area contributed by atoms with Crippen molar-refractivity contribution >= 4 is 23.2 Å². The number of halogens is 1. The monoisotopic (exact) mass is 293 g/mol. The van der Waals surface area contributed by atoms with Gasteiger partial charge in [-0.15, -0.1) is 0 Å². The highest BCUT2D eigenvalue weighted by atomic mass is 35.5. The fraction of sp³-hybridized carbons (Fsp3) is 0.231. The van der Waals surface area contributed by atoms with Crippen molar-refractivity contribution in [3.05, 3.63) is 46.7 Å². The first-order chi connectivity index (χ1) is 9.60. The maximum absolute atomic E-state index is 12.1. The van der Waals surface area contributed by atoms with Gasteiger partial charge in [0.1, 0.15) is 0 Å². The predicted octanol–water partition coefficient (Wildman–Crippen LogP) is 1.33. The topological polar surface area (TPSA) is 85.0 Å². The molecule has 0 spiro atoms. The van der Waals surface area contributed by atoms with Gasteiger partial charge < -0.3 is 10.7 Å². The van der Waals surface area contributed by atoms with Crippen LogP contribution in [-0.4, -0.2) is 22.2 Å². The molecular formula is C13H16ClN5O. The molecule has 7 heteroatoms. The van der Waals surface area contributed by atoms with Gasteiger partial charge in [-0.05, 0) is 24.3 Å². The van der Waals surface area contributed by atoms with Crippen LogP contribution in [0.4, 0.5) is 5.69 Å². The molecule has 4 N–H and O–H groups in total. The van der Waals surface area contributed by atoms with Crippen molar-refractivity contribution in [3.63, 3.8) is 0 Å². The average Bonchev–Trinajstić information content (AvgIpc) is 2.84. The molecule has 0 bridgehead atoms. The minimum Gasteiger partial charge on any atom is -0.352 e. The number of hydrogen-bond acceptors (Lipinski definition) is 4. The zero-order chi connectivity index (χ0) is 14.5. The van der Waals surface area contributed by atoms with Crippen LogP contribution in [0.25, 0.3) is 0 Å². The van der Waals surface area contributed by atoms with Crippen molar-refractivity contribution in [2.75, 3.05) is 12.0 Å². The van der Waals surface area contributed by atoms with Crippen molar-refractivity contribution in [1.82, 2.24) is 15.1 Å². The highest BCUT2D eigenvalue weighted by Gasteiger charge is 2.11. The number of nitrogens with one attached hydrogen (secondary N) is 2. The first-order valence-corrected chi connectivity index (χ1v) is 6.51. The molecule has 2 rings (SSSR count). The largest absolute Gasteiger partial charge is 0.352 e. The van der Waals surface area contributed by atoms with E-state index in [4.69, 9.17) is 17.4 Å². The van der Waals surface area contributed by atoms with Gasteiger partial charge in [-0.3, -0.25) is 15.3 Å². The lowest BCUT2D eigenvalue weighted by Gasteiger charge is -2.09. The molecule has 0 aliphatic heterocycles. The Balaban J connectivity index is 1.96. The summed E-state index contributed by atoms with van der Waals surface area (Å²) in [5.41, 5.74) is 4.36. The summed E-state index contributed by atoms with van der Waals surface area (Å²) in [7, 11) is 1.85. The van der Waals surface area contributed by atoms with Crippen molar-refractivity contribution in [3.8, 4) is 0 Å². The number of amides is 1. The molecule has 1 amide bonds. The second-order valence-corrected chi connectivity index (χ2v) is 4.76. The van der Waals surface area contributed by atoms with Gasteiger partial charge in [0, 0.05) is 31.2 Å². The van der Waals surface area contributed by atoms with Crippen LogP contribution in [0.5, 0.6) is 0 Å². The maximum atomic E-state index is 12.1. The van der Waals surface area contributed by atoms with E-state index in [-0.39, 0.29) is 5.91 Å². The van der Waals surface area contributed by atoms with Gasteiger partial charge in [-0.25, -0.2) is 0 Å². The third-order valence-electron chi connectivity index (χ3n) is 2.82. The third kappa shape index (κ3) is 3.49. The molecule has 106 valence electrons. The summed E-state index contributed by atoms with van der Waals surface area (Å²) in [5, 5.41) is 7.54. The molecule has 6 nitrogen and oxygen atoms in total. The highest BCUT2D eigenvalue weighted by Crippen LogP contribution is 2.19. The van der Waals surface area contributed by atoms with Gasteiger partial charge in [0.15, 0.2) is 0 Å². The first kappa shape index (κ1) is 14.4. The van der Waals surface area contributed by atoms with Gasteiger partial charge in [0.05, 0.1) is 16.9 Å². The SMILES string of the molecule is Cn1ccc(CCNC(=O)c2cc(Cl)ccc2NN)n1. The number of benzene rings is 1. The van der Waals surface area contributed by atoms with E-state index in [0.717, 1.165) is 5.69 Å². The highest BCUT2D eigenvalue weighted by molar-refractivity contribution is 6.31. The Morgan fingerprint density at radius 1 is 1.45 bits per heavy atom. The normalized spacial score (nSPS) is 10.3. The van der Waals surface area contributed by atoms with Crippen LogP contribution in [0.15, 0.2) is 30.5 Å². The second-order valence-electron chi connectivity index (χ2n) is 4.32. The fourth-order valence-electron chi connectivity index (χ4n) is 1.83. The number of hydrazine groups is 1. The Kier molecular flexibility index (Phi) is 4.60. The molecule has 0 fully saturated rings. The third-order valence-corrected chi connectivity index (χ3v) is 3.05. The molecule has 0 saturated carbocycles. The summed E-state index contributed by atoms with van der Waals surface area (Å²) in [4.78, 5) is 12.1. The number of hydrogen-bond donors (Lipinski definition) is 3. The molecule has 0 atom stereocenters. The Bertz CT molecular complexity index is 611. The van der Waals surface area contributed by atoms with E-state index >= 15 is 0 Å². The number of carbonyl (C=O) groups excluding carboxylic acids is 1. The maximum Gasteiger partial charge on any atom is 0.253 e. The van der Waals surface area contributed by atoms with Crippen molar-refractivity contribution < 1.29 is 4.79 Å². The molecule has 1 aromatic carbocycles. The molecule has 0 aliphatic carbocycles. The van der Waals surface area contributed by atoms with E-state index in [1.54, 1.807) is 22.9 Å². The number of nitrogens with zero attached hydrogens (tertiary/aromatic N) is 2. The lowest BCUT2D eigenvalue weighted by Crippen LogP contribution is -2.27. The molecule has 1 heterocycles. The number of aromatic nitrogens is 2. The number of rotatable bonds is 5. The fourth-order valence-corrected chi connectivity index (χ4v) is 2.00. The molecule has 2 aromatic rings. The Morgan fingerprint density at radius 3 is 2.90 bits per heavy atom. The van der Waals surface area contributed by atoms with E-state index in [1.807, 2.05) is 19.3 Å². The molecular weight excluding hydrogens is 278 g/mol. The number of aryl methyl sites for hydroxylation is 1. The summed E-state index contributed by atoms with van der Waals surface area (Å²) in [6, 6.07) is 6.82. The Labute approximate surface area is 121 Å². The predicted molar refractivity (Wildman–Crippen MR) is 78.5 cm³/mol. The standard InChI is InChI=1S/C13H16ClN5O/c1-19-7-5-10(18-19)4-6-16-13(20)11-8-9(14)2-3-12(11)17-15/h2-3,5,7-8,17H,4,6,15H2,1H3,(H,16,20). The van der Waals surface area contributed by atoms with Gasteiger partial charge in [-0.2, -0.15) is 5.10 Å². The van der Waals surface area contributed by atoms with Crippen LogP contribution in [0.1, 0.15) is 16.1 Å². The summed E-state index contributed by atoms with van der Waals surface area (Å²) in [6.07, 6.45) is 2.53. The minimum absolute atomic E-state index is 0.226. The zero-order valence-corrected chi connectivity index (χ0v) is 11.8. The van der Waals surface area contributed by atoms with Crippen LogP contribution >= 0.6 is 11.6 Å². The summed E-state index contributed by atoms with van der Waals surface area (Å²) in [5.74, 6) is 5.15. The number of anilines is 1. The molecule has 0 saturated heterocycles. The lowest BCUT2D eigenvalue weighted by atomic mass is 10.1. The Morgan fingerprint density at radius 2 is 2.25 bits per heavy atom. The van der Waals surface area contributed by atoms with Gasteiger partial charge in [0.25, 0.3) is 5.91 Å². The molecule has 0 radical (unpaired) electrons. The van der Waals surface area contributed by atoms with Crippen LogP contribution in [-0.2, 0) is 13.5 Å². The van der Waals surface area contributed by atoms with Crippen LogP contribution in [0, 0.1) is 0 Å². The first-order valence-electron chi connectivity index (χ1n) is 6.13. The summed E-state index contributed by atoms with van der Waals surface area (Å²) in [6.45, 7) is 0.492. The van der Waals surface area contributed by atoms with Crippen molar-refractivity contribution in [2.45, 2.75) is 6.42 Å².